The van der Waals surface area contributed by atoms with Gasteiger partial charge in [0, 0.05) is 6.00 Å². The predicted molar refractivity (Wildman–Crippen MR) is 34.0 cm³/mol. The van der Waals surface area contributed by atoms with Crippen molar-refractivity contribution < 1.29 is 4.74 Å². The van der Waals surface area contributed by atoms with Crippen molar-refractivity contribution in [3.63, 3.8) is 0 Å². The second-order valence-corrected chi connectivity index (χ2v) is 2.71. The Morgan fingerprint density at radius 3 is 2.50 bits per heavy atom. The van der Waals surface area contributed by atoms with Crippen LogP contribution in [0.5, 0.6) is 0 Å². The summed E-state index contributed by atoms with van der Waals surface area (Å²) < 4.78 is 5.02. The number of hydrogen-bond acceptors (Lipinski definition) is 1. The smallest absolute Gasteiger partial charge is 0.130 e. The molecule has 0 saturated carbocycles. The summed E-state index contributed by atoms with van der Waals surface area (Å²) in [6, 6.07) is -0.141. The van der Waals surface area contributed by atoms with Gasteiger partial charge in [-0.25, -0.2) is 0 Å². The molecular formula is C5H8BClO. The Balaban J connectivity index is 2.39. The highest BCUT2D eigenvalue weighted by Crippen LogP contribution is 2.25. The van der Waals surface area contributed by atoms with E-state index in [1.54, 1.807) is 0 Å². The molecule has 0 aromatic rings. The lowest BCUT2D eigenvalue weighted by atomic mass is 9.88. The van der Waals surface area contributed by atoms with Crippen LogP contribution >= 0.6 is 11.6 Å². The highest BCUT2D eigenvalue weighted by Gasteiger charge is 2.26. The molecule has 3 atom stereocenters. The third kappa shape index (κ3) is 1.18. The van der Waals surface area contributed by atoms with E-state index in [1.165, 1.54) is 0 Å². The van der Waals surface area contributed by atoms with Crippen LogP contribution in [0.3, 0.4) is 0 Å². The van der Waals surface area contributed by atoms with E-state index in [0.717, 1.165) is 6.42 Å². The van der Waals surface area contributed by atoms with E-state index in [-0.39, 0.29) is 11.6 Å². The first-order valence-corrected chi connectivity index (χ1v) is 3.19. The molecule has 0 spiro atoms. The van der Waals surface area contributed by atoms with Gasteiger partial charge < -0.3 is 4.74 Å². The fourth-order valence-corrected chi connectivity index (χ4v) is 1.19. The maximum Gasteiger partial charge on any atom is 0.130 e. The van der Waals surface area contributed by atoms with Crippen LogP contribution in [0.25, 0.3) is 0 Å². The Bertz CT molecular complexity index is 78.5. The molecule has 1 aliphatic heterocycles. The Hall–Kier alpha value is 0.315. The molecule has 0 aromatic carbocycles. The van der Waals surface area contributed by atoms with E-state index in [2.05, 4.69) is 0 Å². The van der Waals surface area contributed by atoms with Crippen molar-refractivity contribution in [3.8, 4) is 0 Å². The maximum atomic E-state index is 5.60. The quantitative estimate of drug-likeness (QED) is 0.352. The Morgan fingerprint density at radius 2 is 2.38 bits per heavy atom. The zero-order valence-electron chi connectivity index (χ0n) is 4.80. The van der Waals surface area contributed by atoms with E-state index < -0.39 is 0 Å². The number of alkyl halides is 1. The molecule has 2 radical (unpaired) electrons. The van der Waals surface area contributed by atoms with Gasteiger partial charge in [0.05, 0.1) is 0 Å². The minimum atomic E-state index is -0.153. The lowest BCUT2D eigenvalue weighted by Gasteiger charge is -2.05. The summed E-state index contributed by atoms with van der Waals surface area (Å²) in [5.74, 6) is 0.414. The number of halogens is 1. The van der Waals surface area contributed by atoms with Crippen molar-refractivity contribution in [2.24, 2.45) is 5.92 Å². The molecule has 0 N–H and O–H groups in total. The zero-order chi connectivity index (χ0) is 6.15. The summed E-state index contributed by atoms with van der Waals surface area (Å²) in [7, 11) is 5.46. The molecule has 8 heavy (non-hydrogen) atoms. The van der Waals surface area contributed by atoms with Gasteiger partial charge in [0.2, 0.25) is 0 Å². The number of ether oxygens (including phenoxy) is 1. The highest BCUT2D eigenvalue weighted by molar-refractivity contribution is 6.20. The van der Waals surface area contributed by atoms with Gasteiger partial charge in [-0.1, -0.05) is 18.5 Å². The van der Waals surface area contributed by atoms with Crippen molar-refractivity contribution in [2.45, 2.75) is 24.9 Å². The summed E-state index contributed by atoms with van der Waals surface area (Å²) in [6.07, 6.45) is 0.878. The molecule has 1 saturated heterocycles. The average Bonchev–Trinajstić information content (AvgIpc) is 1.85. The first kappa shape index (κ1) is 6.44. The molecule has 3 unspecified atom stereocenters. The minimum absolute atomic E-state index is 0.141. The molecule has 0 bridgehead atoms. The first-order chi connectivity index (χ1) is 3.70. The summed E-state index contributed by atoms with van der Waals surface area (Å²) in [4.78, 5) is 0. The highest BCUT2D eigenvalue weighted by atomic mass is 35.5. The van der Waals surface area contributed by atoms with Gasteiger partial charge in [0.1, 0.15) is 13.4 Å². The molecule has 1 rings (SSSR count). The average molecular weight is 130 g/mol. The molecule has 1 fully saturated rings. The van der Waals surface area contributed by atoms with Gasteiger partial charge in [-0.2, -0.15) is 0 Å². The first-order valence-electron chi connectivity index (χ1n) is 2.75. The molecule has 3 heteroatoms. The fraction of sp³-hybridized carbons (Fsp3) is 1.00. The molecule has 1 heterocycles. The Kier molecular flexibility index (Phi) is 1.83. The molecule has 0 amide bonds. The van der Waals surface area contributed by atoms with Crippen LogP contribution in [-0.4, -0.2) is 19.4 Å². The SMILES string of the molecule is [B]C1OC(Cl)CC1C. The molecule has 0 aliphatic carbocycles. The van der Waals surface area contributed by atoms with Crippen molar-refractivity contribution >= 4 is 19.4 Å². The van der Waals surface area contributed by atoms with Crippen LogP contribution in [0.4, 0.5) is 0 Å². The van der Waals surface area contributed by atoms with Crippen molar-refractivity contribution in [1.82, 2.24) is 0 Å². The molecule has 1 nitrogen and oxygen atoms in total. The standard InChI is InChI=1S/C5H8BClO/c1-3-2-4(7)8-5(3)6/h3-5H,2H2,1H3. The monoisotopic (exact) mass is 130 g/mol. The Labute approximate surface area is 55.8 Å². The number of rotatable bonds is 0. The topological polar surface area (TPSA) is 9.23 Å². The van der Waals surface area contributed by atoms with E-state index in [1.807, 2.05) is 6.92 Å². The van der Waals surface area contributed by atoms with Gasteiger partial charge >= 0.3 is 0 Å². The van der Waals surface area contributed by atoms with Gasteiger partial charge in [-0.15, -0.1) is 0 Å². The van der Waals surface area contributed by atoms with Gasteiger partial charge in [-0.3, -0.25) is 0 Å². The summed E-state index contributed by atoms with van der Waals surface area (Å²) in [5.41, 5.74) is -0.153. The van der Waals surface area contributed by atoms with Crippen LogP contribution in [0.15, 0.2) is 0 Å². The normalized spacial score (nSPS) is 47.5. The lowest BCUT2D eigenvalue weighted by molar-refractivity contribution is 0.131. The van der Waals surface area contributed by atoms with Crippen LogP contribution in [0, 0.1) is 5.92 Å². The lowest BCUT2D eigenvalue weighted by Crippen LogP contribution is -2.12. The molecule has 0 aromatic heterocycles. The predicted octanol–water partition coefficient (Wildman–Crippen LogP) is 1.10. The summed E-state index contributed by atoms with van der Waals surface area (Å²) >= 11 is 5.60. The molecule has 1 aliphatic rings. The van der Waals surface area contributed by atoms with Crippen molar-refractivity contribution in [2.75, 3.05) is 0 Å². The maximum absolute atomic E-state index is 5.60. The zero-order valence-corrected chi connectivity index (χ0v) is 5.56. The second kappa shape index (κ2) is 2.28. The van der Waals surface area contributed by atoms with E-state index in [9.17, 15) is 0 Å². The van der Waals surface area contributed by atoms with E-state index in [4.69, 9.17) is 24.2 Å². The second-order valence-electron chi connectivity index (χ2n) is 2.22. The van der Waals surface area contributed by atoms with Gasteiger partial charge in [0.25, 0.3) is 0 Å². The van der Waals surface area contributed by atoms with E-state index in [0.29, 0.717) is 5.92 Å². The summed E-state index contributed by atoms with van der Waals surface area (Å²) in [5, 5.41) is 0. The van der Waals surface area contributed by atoms with Gasteiger partial charge in [-0.05, 0) is 12.3 Å². The Morgan fingerprint density at radius 1 is 1.75 bits per heavy atom. The largest absolute Gasteiger partial charge is 0.369 e. The third-order valence-corrected chi connectivity index (χ3v) is 1.70. The molecule has 44 valence electrons. The van der Waals surface area contributed by atoms with Crippen LogP contribution < -0.4 is 0 Å². The fourth-order valence-electron chi connectivity index (χ4n) is 0.787. The van der Waals surface area contributed by atoms with E-state index >= 15 is 0 Å². The number of hydrogen-bond donors (Lipinski definition) is 0. The van der Waals surface area contributed by atoms with Crippen LogP contribution in [0.1, 0.15) is 13.3 Å². The van der Waals surface area contributed by atoms with Crippen LogP contribution in [-0.2, 0) is 4.74 Å². The van der Waals surface area contributed by atoms with Crippen LogP contribution in [0.2, 0.25) is 0 Å². The van der Waals surface area contributed by atoms with Gasteiger partial charge in [0.15, 0.2) is 0 Å². The molecular weight excluding hydrogens is 122 g/mol. The third-order valence-electron chi connectivity index (χ3n) is 1.42. The van der Waals surface area contributed by atoms with Crippen molar-refractivity contribution in [3.05, 3.63) is 0 Å². The summed E-state index contributed by atoms with van der Waals surface area (Å²) in [6.45, 7) is 2.03. The van der Waals surface area contributed by atoms with Crippen molar-refractivity contribution in [1.29, 1.82) is 0 Å². The minimum Gasteiger partial charge on any atom is -0.369 e.